The second-order valence-electron chi connectivity index (χ2n) is 5.60. The van der Waals surface area contributed by atoms with Gasteiger partial charge < -0.3 is 5.32 Å². The number of nitrogens with one attached hydrogen (secondary N) is 2. The third-order valence-corrected chi connectivity index (χ3v) is 3.46. The normalized spacial score (nSPS) is 11.0. The SMILES string of the molecule is CC(C)c1nn(C)cc1NC(=O)c1n[nH]nc1-c1ccccc1. The molecule has 23 heavy (non-hydrogen) atoms. The summed E-state index contributed by atoms with van der Waals surface area (Å²) in [5.41, 5.74) is 3.15. The Bertz CT molecular complexity index is 818. The van der Waals surface area contributed by atoms with Crippen LogP contribution in [0, 0.1) is 0 Å². The quantitative estimate of drug-likeness (QED) is 0.775. The van der Waals surface area contributed by atoms with E-state index in [1.807, 2.05) is 51.2 Å². The maximum absolute atomic E-state index is 12.6. The first-order valence-electron chi connectivity index (χ1n) is 7.37. The van der Waals surface area contributed by atoms with Gasteiger partial charge in [0.25, 0.3) is 5.91 Å². The average molecular weight is 310 g/mol. The van der Waals surface area contributed by atoms with Crippen LogP contribution < -0.4 is 5.32 Å². The van der Waals surface area contributed by atoms with Gasteiger partial charge in [-0.3, -0.25) is 9.48 Å². The van der Waals surface area contributed by atoms with Crippen molar-refractivity contribution in [1.82, 2.24) is 25.2 Å². The minimum atomic E-state index is -0.312. The largest absolute Gasteiger partial charge is 0.318 e. The number of benzene rings is 1. The molecule has 3 rings (SSSR count). The minimum Gasteiger partial charge on any atom is -0.318 e. The molecule has 1 amide bonds. The van der Waals surface area contributed by atoms with E-state index in [4.69, 9.17) is 0 Å². The third kappa shape index (κ3) is 2.98. The number of H-pyrrole nitrogens is 1. The summed E-state index contributed by atoms with van der Waals surface area (Å²) in [6.45, 7) is 4.06. The molecule has 0 saturated carbocycles. The van der Waals surface area contributed by atoms with Gasteiger partial charge in [0.15, 0.2) is 5.69 Å². The number of carbonyl (C=O) groups excluding carboxylic acids is 1. The Morgan fingerprint density at radius 2 is 1.96 bits per heavy atom. The molecular weight excluding hydrogens is 292 g/mol. The van der Waals surface area contributed by atoms with Crippen LogP contribution in [-0.4, -0.2) is 31.1 Å². The van der Waals surface area contributed by atoms with Gasteiger partial charge in [-0.1, -0.05) is 44.2 Å². The van der Waals surface area contributed by atoms with Crippen LogP contribution >= 0.6 is 0 Å². The summed E-state index contributed by atoms with van der Waals surface area (Å²) in [6.07, 6.45) is 1.79. The van der Waals surface area contributed by atoms with E-state index < -0.39 is 0 Å². The first-order chi connectivity index (χ1) is 11.1. The summed E-state index contributed by atoms with van der Waals surface area (Å²) in [7, 11) is 1.83. The van der Waals surface area contributed by atoms with Crippen LogP contribution in [0.5, 0.6) is 0 Å². The Morgan fingerprint density at radius 3 is 2.65 bits per heavy atom. The Balaban J connectivity index is 1.90. The molecule has 0 spiro atoms. The summed E-state index contributed by atoms with van der Waals surface area (Å²) in [4.78, 5) is 12.6. The van der Waals surface area contributed by atoms with Crippen molar-refractivity contribution in [2.75, 3.05) is 5.32 Å². The number of aromatic amines is 1. The topological polar surface area (TPSA) is 88.5 Å². The summed E-state index contributed by atoms with van der Waals surface area (Å²) in [6, 6.07) is 9.47. The van der Waals surface area contributed by atoms with Gasteiger partial charge >= 0.3 is 0 Å². The zero-order valence-electron chi connectivity index (χ0n) is 13.2. The summed E-state index contributed by atoms with van der Waals surface area (Å²) >= 11 is 0. The number of nitrogens with zero attached hydrogens (tertiary/aromatic N) is 4. The standard InChI is InChI=1S/C16H18N6O/c1-10(2)13-12(9-22(3)20-13)17-16(23)15-14(18-21-19-15)11-7-5-4-6-8-11/h4-10H,1-3H3,(H,17,23)(H,18,19,21). The molecule has 7 heteroatoms. The zero-order valence-corrected chi connectivity index (χ0v) is 13.2. The van der Waals surface area contributed by atoms with Gasteiger partial charge in [-0.25, -0.2) is 0 Å². The molecule has 0 aliphatic rings. The number of anilines is 1. The number of amides is 1. The minimum absolute atomic E-state index is 0.206. The third-order valence-electron chi connectivity index (χ3n) is 3.46. The lowest BCUT2D eigenvalue weighted by atomic mass is 10.1. The Labute approximate surface area is 133 Å². The highest BCUT2D eigenvalue weighted by molar-refractivity contribution is 6.06. The second-order valence-corrected chi connectivity index (χ2v) is 5.60. The molecule has 7 nitrogen and oxygen atoms in total. The number of aryl methyl sites for hydroxylation is 1. The van der Waals surface area contributed by atoms with Gasteiger partial charge in [0, 0.05) is 18.8 Å². The lowest BCUT2D eigenvalue weighted by molar-refractivity contribution is 0.102. The highest BCUT2D eigenvalue weighted by Crippen LogP contribution is 2.24. The van der Waals surface area contributed by atoms with E-state index in [9.17, 15) is 4.79 Å². The monoisotopic (exact) mass is 310 g/mol. The molecule has 118 valence electrons. The number of carbonyl (C=O) groups is 1. The van der Waals surface area contributed by atoms with Crippen molar-refractivity contribution in [1.29, 1.82) is 0 Å². The van der Waals surface area contributed by atoms with E-state index in [2.05, 4.69) is 25.8 Å². The Morgan fingerprint density at radius 1 is 1.22 bits per heavy atom. The van der Waals surface area contributed by atoms with E-state index in [-0.39, 0.29) is 17.5 Å². The van der Waals surface area contributed by atoms with Gasteiger partial charge in [-0.05, 0) is 5.92 Å². The van der Waals surface area contributed by atoms with Crippen LogP contribution in [0.3, 0.4) is 0 Å². The van der Waals surface area contributed by atoms with Crippen LogP contribution in [0.2, 0.25) is 0 Å². The number of aromatic nitrogens is 5. The summed E-state index contributed by atoms with van der Waals surface area (Å²) in [5, 5.41) is 17.9. The van der Waals surface area contributed by atoms with Crippen molar-refractivity contribution in [3.05, 3.63) is 47.9 Å². The molecule has 1 aromatic carbocycles. The van der Waals surface area contributed by atoms with Gasteiger partial charge in [-0.15, -0.1) is 0 Å². The lowest BCUT2D eigenvalue weighted by Crippen LogP contribution is -2.14. The first-order valence-corrected chi connectivity index (χ1v) is 7.37. The van der Waals surface area contributed by atoms with Crippen molar-refractivity contribution >= 4 is 11.6 Å². The van der Waals surface area contributed by atoms with Crippen LogP contribution in [0.4, 0.5) is 5.69 Å². The molecule has 0 bridgehead atoms. The van der Waals surface area contributed by atoms with Gasteiger partial charge in [-0.2, -0.15) is 20.5 Å². The molecule has 0 aliphatic carbocycles. The highest BCUT2D eigenvalue weighted by Gasteiger charge is 2.20. The maximum atomic E-state index is 12.6. The molecule has 2 N–H and O–H groups in total. The predicted octanol–water partition coefficient (Wildman–Crippen LogP) is 2.58. The van der Waals surface area contributed by atoms with Crippen molar-refractivity contribution in [3.8, 4) is 11.3 Å². The molecular formula is C16H18N6O. The molecule has 0 saturated heterocycles. The van der Waals surface area contributed by atoms with Gasteiger partial charge in [0.05, 0.1) is 11.4 Å². The van der Waals surface area contributed by atoms with Crippen molar-refractivity contribution in [3.63, 3.8) is 0 Å². The van der Waals surface area contributed by atoms with E-state index in [1.165, 1.54) is 0 Å². The van der Waals surface area contributed by atoms with E-state index >= 15 is 0 Å². The van der Waals surface area contributed by atoms with E-state index in [1.54, 1.807) is 10.9 Å². The van der Waals surface area contributed by atoms with Crippen LogP contribution in [0.1, 0.15) is 35.9 Å². The molecule has 3 aromatic rings. The van der Waals surface area contributed by atoms with E-state index in [0.717, 1.165) is 11.3 Å². The fourth-order valence-electron chi connectivity index (χ4n) is 2.40. The molecule has 0 radical (unpaired) electrons. The van der Waals surface area contributed by atoms with Gasteiger partial charge in [0.1, 0.15) is 5.69 Å². The Kier molecular flexibility index (Phi) is 3.92. The maximum Gasteiger partial charge on any atom is 0.278 e. The molecule has 0 unspecified atom stereocenters. The molecule has 2 heterocycles. The lowest BCUT2D eigenvalue weighted by Gasteiger charge is -2.06. The summed E-state index contributed by atoms with van der Waals surface area (Å²) in [5.74, 6) is -0.107. The zero-order chi connectivity index (χ0) is 16.4. The average Bonchev–Trinajstić information content (AvgIpc) is 3.15. The van der Waals surface area contributed by atoms with Crippen LogP contribution in [-0.2, 0) is 7.05 Å². The van der Waals surface area contributed by atoms with Gasteiger partial charge in [0.2, 0.25) is 0 Å². The molecule has 2 aromatic heterocycles. The van der Waals surface area contributed by atoms with Crippen molar-refractivity contribution in [2.45, 2.75) is 19.8 Å². The fraction of sp³-hybridized carbons (Fsp3) is 0.250. The number of rotatable bonds is 4. The smallest absolute Gasteiger partial charge is 0.278 e. The Hall–Kier alpha value is -2.96. The fourth-order valence-corrected chi connectivity index (χ4v) is 2.40. The highest BCUT2D eigenvalue weighted by atomic mass is 16.2. The predicted molar refractivity (Wildman–Crippen MR) is 87.1 cm³/mol. The number of hydrogen-bond acceptors (Lipinski definition) is 4. The summed E-state index contributed by atoms with van der Waals surface area (Å²) < 4.78 is 1.69. The van der Waals surface area contributed by atoms with Crippen LogP contribution in [0.25, 0.3) is 11.3 Å². The van der Waals surface area contributed by atoms with Crippen molar-refractivity contribution in [2.24, 2.45) is 7.05 Å². The molecule has 0 fully saturated rings. The second kappa shape index (κ2) is 6.04. The van der Waals surface area contributed by atoms with E-state index in [0.29, 0.717) is 11.4 Å². The molecule has 0 atom stereocenters. The number of hydrogen-bond donors (Lipinski definition) is 2. The molecule has 0 aliphatic heterocycles. The first kappa shape index (κ1) is 15.0. The van der Waals surface area contributed by atoms with Crippen molar-refractivity contribution < 1.29 is 4.79 Å². The van der Waals surface area contributed by atoms with Crippen LogP contribution in [0.15, 0.2) is 36.5 Å².